The highest BCUT2D eigenvalue weighted by Crippen LogP contribution is 2.45. The first-order valence-electron chi connectivity index (χ1n) is 12.8. The zero-order valence-corrected chi connectivity index (χ0v) is 23.1. The molecule has 0 saturated carbocycles. The van der Waals surface area contributed by atoms with E-state index in [4.69, 9.17) is 17.0 Å². The van der Waals surface area contributed by atoms with E-state index in [1.807, 2.05) is 68.4 Å². The number of hydrogen-bond acceptors (Lipinski definition) is 5. The lowest BCUT2D eigenvalue weighted by Crippen LogP contribution is -2.29. The molecule has 8 nitrogen and oxygen atoms in total. The van der Waals surface area contributed by atoms with Crippen LogP contribution in [-0.2, 0) is 4.79 Å². The number of para-hydroxylation sites is 2. The van der Waals surface area contributed by atoms with Crippen molar-refractivity contribution in [3.05, 3.63) is 95.6 Å². The largest absolute Gasteiger partial charge is 0.506 e. The van der Waals surface area contributed by atoms with Crippen LogP contribution < -0.4 is 20.3 Å². The van der Waals surface area contributed by atoms with E-state index in [0.717, 1.165) is 28.3 Å². The Bertz CT molecular complexity index is 1540. The molecule has 1 aliphatic heterocycles. The first-order valence-corrected chi connectivity index (χ1v) is 13.2. The Kier molecular flexibility index (Phi) is 7.26. The Morgan fingerprint density at radius 3 is 2.59 bits per heavy atom. The smallest absolute Gasteiger partial charge is 0.224 e. The lowest BCUT2D eigenvalue weighted by Gasteiger charge is -2.29. The van der Waals surface area contributed by atoms with Gasteiger partial charge in [0.15, 0.2) is 5.11 Å². The van der Waals surface area contributed by atoms with Crippen molar-refractivity contribution in [2.24, 2.45) is 0 Å². The van der Waals surface area contributed by atoms with Gasteiger partial charge in [-0.15, -0.1) is 0 Å². The molecule has 0 bridgehead atoms. The first-order chi connectivity index (χ1) is 18.8. The summed E-state index contributed by atoms with van der Waals surface area (Å²) in [5, 5.41) is 17.6. The number of ether oxygens (including phenoxy) is 1. The van der Waals surface area contributed by atoms with E-state index >= 15 is 0 Å². The Balaban J connectivity index is 1.66. The lowest BCUT2D eigenvalue weighted by molar-refractivity contribution is -0.115. The number of carbonyl (C=O) groups is 1. The second-order valence-electron chi connectivity index (χ2n) is 9.43. The number of aromatic nitrogens is 2. The van der Waals surface area contributed by atoms with Crippen LogP contribution in [0.1, 0.15) is 48.1 Å². The zero-order valence-electron chi connectivity index (χ0n) is 22.3. The summed E-state index contributed by atoms with van der Waals surface area (Å²) >= 11 is 5.90. The topological polar surface area (TPSA) is 91.7 Å². The maximum atomic E-state index is 12.1. The molecule has 2 aromatic heterocycles. The van der Waals surface area contributed by atoms with Crippen LogP contribution in [0.2, 0.25) is 0 Å². The van der Waals surface area contributed by atoms with E-state index in [2.05, 4.69) is 31.2 Å². The van der Waals surface area contributed by atoms with Crippen molar-refractivity contribution in [2.75, 3.05) is 17.3 Å². The Hall–Kier alpha value is -4.37. The molecule has 2 atom stereocenters. The number of pyridine rings is 1. The fourth-order valence-corrected chi connectivity index (χ4v) is 5.58. The second-order valence-corrected chi connectivity index (χ2v) is 9.82. The van der Waals surface area contributed by atoms with Crippen LogP contribution >= 0.6 is 12.2 Å². The van der Waals surface area contributed by atoms with Gasteiger partial charge in [0.05, 0.1) is 36.3 Å². The highest BCUT2D eigenvalue weighted by molar-refractivity contribution is 7.80. The lowest BCUT2D eigenvalue weighted by atomic mass is 9.96. The van der Waals surface area contributed by atoms with Crippen molar-refractivity contribution < 1.29 is 14.6 Å². The average molecular weight is 542 g/mol. The number of thiocarbonyl (C=S) groups is 1. The van der Waals surface area contributed by atoms with E-state index < -0.39 is 0 Å². The molecule has 3 heterocycles. The van der Waals surface area contributed by atoms with Crippen LogP contribution in [-0.4, -0.2) is 32.8 Å². The molecule has 200 valence electrons. The van der Waals surface area contributed by atoms with Crippen LogP contribution in [0.4, 0.5) is 11.4 Å². The van der Waals surface area contributed by atoms with Crippen molar-refractivity contribution in [3.63, 3.8) is 0 Å². The SMILES string of the molecule is CCC(=O)Nc1ccc(N2C(=S)N[C@@H](c3ccccn3)[C@@H]2c2cc(C)n(-c3ccccc3O)c2C)cc1OC. The zero-order chi connectivity index (χ0) is 27.7. The van der Waals surface area contributed by atoms with Crippen molar-refractivity contribution in [3.8, 4) is 17.2 Å². The molecule has 0 spiro atoms. The van der Waals surface area contributed by atoms with Gasteiger partial charge in [-0.2, -0.15) is 0 Å². The van der Waals surface area contributed by atoms with Gasteiger partial charge in [0, 0.05) is 35.8 Å². The fourth-order valence-electron chi connectivity index (χ4n) is 5.23. The van der Waals surface area contributed by atoms with Gasteiger partial charge in [0.2, 0.25) is 5.91 Å². The van der Waals surface area contributed by atoms with Gasteiger partial charge in [-0.25, -0.2) is 0 Å². The normalized spacial score (nSPS) is 16.7. The number of nitrogens with one attached hydrogen (secondary N) is 2. The van der Waals surface area contributed by atoms with E-state index in [1.54, 1.807) is 26.3 Å². The van der Waals surface area contributed by atoms with Crippen molar-refractivity contribution in [2.45, 2.75) is 39.3 Å². The summed E-state index contributed by atoms with van der Waals surface area (Å²) in [6, 6.07) is 20.5. The van der Waals surface area contributed by atoms with Crippen LogP contribution in [0, 0.1) is 13.8 Å². The summed E-state index contributed by atoms with van der Waals surface area (Å²) in [5.41, 5.74) is 5.99. The maximum absolute atomic E-state index is 12.1. The summed E-state index contributed by atoms with van der Waals surface area (Å²) in [6.45, 7) is 5.88. The predicted molar refractivity (Wildman–Crippen MR) is 157 cm³/mol. The van der Waals surface area contributed by atoms with Gasteiger partial charge in [0.25, 0.3) is 0 Å². The quantitative estimate of drug-likeness (QED) is 0.258. The minimum absolute atomic E-state index is 0.0934. The third kappa shape index (κ3) is 4.81. The molecule has 5 rings (SSSR count). The minimum Gasteiger partial charge on any atom is -0.506 e. The Labute approximate surface area is 233 Å². The molecule has 4 aromatic rings. The molecule has 1 amide bonds. The molecule has 1 fully saturated rings. The first kappa shape index (κ1) is 26.2. The molecule has 1 aliphatic rings. The molecule has 9 heteroatoms. The predicted octanol–water partition coefficient (Wildman–Crippen LogP) is 5.73. The number of aromatic hydroxyl groups is 1. The van der Waals surface area contributed by atoms with Crippen LogP contribution in [0.3, 0.4) is 0 Å². The molecule has 0 aliphatic carbocycles. The molecule has 3 N–H and O–H groups in total. The number of phenolic OH excluding ortho intramolecular Hbond substituents is 1. The summed E-state index contributed by atoms with van der Waals surface area (Å²) in [5.74, 6) is 0.652. The van der Waals surface area contributed by atoms with Crippen LogP contribution in [0.5, 0.6) is 11.5 Å². The number of methoxy groups -OCH3 is 1. The third-order valence-electron chi connectivity index (χ3n) is 7.07. The maximum Gasteiger partial charge on any atom is 0.224 e. The Morgan fingerprint density at radius 2 is 1.90 bits per heavy atom. The van der Waals surface area contributed by atoms with Gasteiger partial charge in [-0.3, -0.25) is 9.78 Å². The molecular weight excluding hydrogens is 510 g/mol. The van der Waals surface area contributed by atoms with E-state index in [1.165, 1.54) is 0 Å². The monoisotopic (exact) mass is 541 g/mol. The van der Waals surface area contributed by atoms with Crippen molar-refractivity contribution >= 4 is 34.6 Å². The number of amides is 1. The number of rotatable bonds is 7. The molecular formula is C30H31N5O3S. The van der Waals surface area contributed by atoms with Gasteiger partial charge in [0.1, 0.15) is 11.5 Å². The van der Waals surface area contributed by atoms with Crippen molar-refractivity contribution in [1.29, 1.82) is 0 Å². The average Bonchev–Trinajstić information content (AvgIpc) is 3.44. The number of hydrogen-bond donors (Lipinski definition) is 3. The molecule has 39 heavy (non-hydrogen) atoms. The summed E-state index contributed by atoms with van der Waals surface area (Å²) in [7, 11) is 1.58. The number of phenols is 1. The van der Waals surface area contributed by atoms with E-state index in [-0.39, 0.29) is 23.7 Å². The fraction of sp³-hybridized carbons (Fsp3) is 0.233. The molecule has 0 unspecified atom stereocenters. The number of carbonyl (C=O) groups excluding carboxylic acids is 1. The van der Waals surface area contributed by atoms with Crippen molar-refractivity contribution in [1.82, 2.24) is 14.9 Å². The van der Waals surface area contributed by atoms with Crippen LogP contribution in [0.25, 0.3) is 5.69 Å². The number of benzene rings is 2. The third-order valence-corrected chi connectivity index (χ3v) is 7.38. The van der Waals surface area contributed by atoms with E-state index in [0.29, 0.717) is 28.7 Å². The molecule has 2 aromatic carbocycles. The minimum atomic E-state index is -0.251. The summed E-state index contributed by atoms with van der Waals surface area (Å²) in [4.78, 5) is 18.8. The highest BCUT2D eigenvalue weighted by Gasteiger charge is 2.42. The molecule has 0 radical (unpaired) electrons. The standard InChI is InChI=1S/C30H31N5O3S/c1-5-27(37)32-22-14-13-20(17-26(22)38-4)35-29(28(33-30(35)39)23-10-8-9-15-31-23)21-16-18(2)34(19(21)3)24-11-6-7-12-25(24)36/h6-17,28-29,36H,5H2,1-4H3,(H,32,37)(H,33,39)/t28-,29-/m0/s1. The highest BCUT2D eigenvalue weighted by atomic mass is 32.1. The van der Waals surface area contributed by atoms with E-state index in [9.17, 15) is 9.90 Å². The summed E-state index contributed by atoms with van der Waals surface area (Å²) < 4.78 is 7.71. The number of anilines is 2. The number of nitrogens with zero attached hydrogens (tertiary/aromatic N) is 3. The number of aryl methyl sites for hydroxylation is 1. The van der Waals surface area contributed by atoms with Gasteiger partial charge >= 0.3 is 0 Å². The van der Waals surface area contributed by atoms with Crippen LogP contribution in [0.15, 0.2) is 72.9 Å². The summed E-state index contributed by atoms with van der Waals surface area (Å²) in [6.07, 6.45) is 2.14. The second kappa shape index (κ2) is 10.8. The molecule has 1 saturated heterocycles. The van der Waals surface area contributed by atoms with Gasteiger partial charge in [-0.1, -0.05) is 25.1 Å². The van der Waals surface area contributed by atoms with Gasteiger partial charge in [-0.05, 0) is 74.1 Å². The van der Waals surface area contributed by atoms with Gasteiger partial charge < -0.3 is 29.9 Å². The Morgan fingerprint density at radius 1 is 1.13 bits per heavy atom.